The van der Waals surface area contributed by atoms with Crippen molar-refractivity contribution in [3.8, 4) is 136 Å². The van der Waals surface area contributed by atoms with Crippen molar-refractivity contribution >= 4 is 69.2 Å². The quantitative estimate of drug-likeness (QED) is 0.150. The second kappa shape index (κ2) is 25.3. The highest BCUT2D eigenvalue weighted by molar-refractivity contribution is 7.87. The number of hydrogen-bond acceptors (Lipinski definition) is 9. The fraction of sp³-hybridized carbons (Fsp3) is 0.0426. The molecule has 0 spiro atoms. The van der Waals surface area contributed by atoms with E-state index in [-0.39, 0.29) is 0 Å². The van der Waals surface area contributed by atoms with Crippen LogP contribution in [0.2, 0.25) is 0 Å². The molecule has 3 atom stereocenters. The SMILES string of the molecule is Cc1ccccc1-c1cc2c3c(c1)Oc1cc(-c4ccccc4)ccc1P3(=O)c1ccccc1O2.Cc1ccccc1-c1ccc2c(c1)Oc1cc(-c3ccccc3)cc3c1P2(=O)c1ccccc1O3.Cc1ccccc1-c1ccc2c(c1)Oc1cc(-c3ccccc3C)cc3c1P2(=O)c1ccccc1O3. The molecule has 0 bridgehead atoms. The Bertz CT molecular complexity index is 6330. The van der Waals surface area contributed by atoms with Gasteiger partial charge in [0.1, 0.15) is 84.9 Å². The van der Waals surface area contributed by atoms with E-state index in [1.165, 1.54) is 11.1 Å². The summed E-state index contributed by atoms with van der Waals surface area (Å²) in [6, 6.07) is 106. The maximum absolute atomic E-state index is 15.2. The third-order valence-electron chi connectivity index (χ3n) is 20.9. The van der Waals surface area contributed by atoms with E-state index in [1.54, 1.807) is 0 Å². The van der Waals surface area contributed by atoms with E-state index in [0.29, 0.717) is 101 Å². The Labute approximate surface area is 614 Å². The van der Waals surface area contributed by atoms with Crippen LogP contribution in [-0.4, -0.2) is 0 Å². The van der Waals surface area contributed by atoms with Gasteiger partial charge in [-0.05, 0) is 226 Å². The van der Waals surface area contributed by atoms with Crippen LogP contribution in [0.25, 0.3) is 66.8 Å². The van der Waals surface area contributed by atoms with Crippen LogP contribution < -0.4 is 76.2 Å². The van der Waals surface area contributed by atoms with Crippen LogP contribution in [0.5, 0.6) is 69.0 Å². The number of ether oxygens (including phenoxy) is 6. The van der Waals surface area contributed by atoms with Crippen molar-refractivity contribution in [2.75, 3.05) is 0 Å². The lowest BCUT2D eigenvalue weighted by molar-refractivity contribution is 0.461. The predicted octanol–water partition coefficient (Wildman–Crippen LogP) is 21.8. The monoisotopic (exact) mass is 1430 g/mol. The molecule has 15 aromatic carbocycles. The van der Waals surface area contributed by atoms with Gasteiger partial charge in [0, 0.05) is 0 Å². The van der Waals surface area contributed by atoms with Gasteiger partial charge < -0.3 is 42.1 Å². The maximum atomic E-state index is 15.2. The topological polar surface area (TPSA) is 107 Å². The number of hydrogen-bond donors (Lipinski definition) is 0. The third-order valence-corrected chi connectivity index (χ3v) is 30.4. The molecule has 510 valence electrons. The van der Waals surface area contributed by atoms with Crippen molar-refractivity contribution in [2.45, 2.75) is 27.7 Å². The first-order valence-corrected chi connectivity index (χ1v) is 40.4. The number of para-hydroxylation sites is 3. The molecule has 15 aromatic rings. The van der Waals surface area contributed by atoms with Crippen molar-refractivity contribution in [2.24, 2.45) is 0 Å². The summed E-state index contributed by atoms with van der Waals surface area (Å²) in [6.07, 6.45) is 0. The van der Waals surface area contributed by atoms with Gasteiger partial charge in [-0.3, -0.25) is 0 Å². The van der Waals surface area contributed by atoms with Gasteiger partial charge in [0.05, 0.1) is 31.8 Å². The van der Waals surface area contributed by atoms with Gasteiger partial charge in [-0.1, -0.05) is 212 Å². The predicted molar refractivity (Wildman–Crippen MR) is 430 cm³/mol. The van der Waals surface area contributed by atoms with Gasteiger partial charge in [0.25, 0.3) is 0 Å². The number of benzene rings is 15. The van der Waals surface area contributed by atoms with Crippen LogP contribution in [-0.2, 0) is 13.7 Å². The molecule has 0 saturated carbocycles. The molecule has 0 aliphatic carbocycles. The second-order valence-corrected chi connectivity index (χ2v) is 35.2. The van der Waals surface area contributed by atoms with Crippen LogP contribution >= 0.6 is 21.4 Å². The Morgan fingerprint density at radius 2 is 0.406 bits per heavy atom. The maximum Gasteiger partial charge on any atom is 0.185 e. The van der Waals surface area contributed by atoms with Gasteiger partial charge in [-0.25, -0.2) is 0 Å². The van der Waals surface area contributed by atoms with Gasteiger partial charge in [0.2, 0.25) is 0 Å². The molecular weight excluding hydrogens is 1370 g/mol. The third kappa shape index (κ3) is 10.4. The lowest BCUT2D eigenvalue weighted by Crippen LogP contribution is -2.35. The van der Waals surface area contributed by atoms with Gasteiger partial charge in [-0.15, -0.1) is 0 Å². The molecular formula is C94H65O9P3. The van der Waals surface area contributed by atoms with E-state index < -0.39 is 21.4 Å². The molecule has 0 N–H and O–H groups in total. The zero-order chi connectivity index (χ0) is 71.6. The summed E-state index contributed by atoms with van der Waals surface area (Å²) >= 11 is 0. The highest BCUT2D eigenvalue weighted by Crippen LogP contribution is 2.63. The molecule has 0 radical (unpaired) electrons. The molecule has 6 aliphatic rings. The number of fused-ring (bicyclic) bond motifs is 12. The first-order valence-electron chi connectivity index (χ1n) is 35.3. The Kier molecular flexibility index (Phi) is 15.4. The standard InChI is InChI=1S/C32H23O3P.2C31H21O3P/c1-20-9-3-5-11-24(20)22-15-16-31-27(17-22)35-29-19-23(25-12-6-4-10-21(25)2)18-28-32(29)36(31,33)30-14-8-7-13-26(30)34-28;1-20-9-5-6-12-24(20)22-15-16-30-26(17-22)34-28-19-23(21-10-3-2-4-11-21)18-27-31(28)35(30,32)29-14-8-7-13-25(29)33-27;1-20-9-5-6-12-24(20)23-18-27-31-28(19-23)34-26-17-22(21-10-3-2-4-11-21)15-16-30(26)35(31,32)29-14-8-7-13-25(29)33-27/h3-19H,1-2H3;2*2-19H,1H3. The summed E-state index contributed by atoms with van der Waals surface area (Å²) < 4.78 is 84.1. The first-order chi connectivity index (χ1) is 51.8. The van der Waals surface area contributed by atoms with Gasteiger partial charge in [-0.2, -0.15) is 0 Å². The minimum Gasteiger partial charge on any atom is -0.456 e. The fourth-order valence-corrected chi connectivity index (χ4v) is 24.8. The summed E-state index contributed by atoms with van der Waals surface area (Å²) in [5, 5.41) is 6.24. The van der Waals surface area contributed by atoms with E-state index in [2.05, 4.69) is 107 Å². The molecule has 6 aliphatic heterocycles. The Morgan fingerprint density at radius 3 is 0.736 bits per heavy atom. The van der Waals surface area contributed by atoms with Crippen molar-refractivity contribution < 1.29 is 42.1 Å². The smallest absolute Gasteiger partial charge is 0.185 e. The first kappa shape index (κ1) is 64.6. The largest absolute Gasteiger partial charge is 0.456 e. The zero-order valence-electron chi connectivity index (χ0n) is 58.1. The molecule has 21 rings (SSSR count). The minimum absolute atomic E-state index is 0.591. The van der Waals surface area contributed by atoms with Crippen LogP contribution in [0.4, 0.5) is 0 Å². The molecule has 6 heterocycles. The van der Waals surface area contributed by atoms with Crippen LogP contribution in [0.3, 0.4) is 0 Å². The summed E-state index contributed by atoms with van der Waals surface area (Å²) in [6.45, 7) is 8.37. The number of rotatable bonds is 6. The van der Waals surface area contributed by atoms with Crippen molar-refractivity contribution in [1.82, 2.24) is 0 Å². The van der Waals surface area contributed by atoms with E-state index in [1.807, 2.05) is 243 Å². The van der Waals surface area contributed by atoms with Crippen LogP contribution in [0.1, 0.15) is 22.3 Å². The van der Waals surface area contributed by atoms with Gasteiger partial charge in [0.15, 0.2) is 21.4 Å². The molecule has 0 fully saturated rings. The van der Waals surface area contributed by atoms with Crippen LogP contribution in [0.15, 0.2) is 322 Å². The normalized spacial score (nSPS) is 16.8. The molecule has 0 amide bonds. The summed E-state index contributed by atoms with van der Waals surface area (Å²) in [5.74, 6) is 7.38. The summed E-state index contributed by atoms with van der Waals surface area (Å²) in [4.78, 5) is 0. The Balaban J connectivity index is 0.000000109. The summed E-state index contributed by atoms with van der Waals surface area (Å²) in [5.41, 5.74) is 17.3. The van der Waals surface area contributed by atoms with E-state index in [0.717, 1.165) is 93.8 Å². The van der Waals surface area contributed by atoms with E-state index in [9.17, 15) is 0 Å². The molecule has 106 heavy (non-hydrogen) atoms. The second-order valence-electron chi connectivity index (χ2n) is 27.3. The Morgan fingerprint density at radius 1 is 0.179 bits per heavy atom. The van der Waals surface area contributed by atoms with E-state index >= 15 is 13.7 Å². The van der Waals surface area contributed by atoms with Crippen molar-refractivity contribution in [3.05, 3.63) is 344 Å². The lowest BCUT2D eigenvalue weighted by atomic mass is 9.99. The van der Waals surface area contributed by atoms with E-state index in [4.69, 9.17) is 28.4 Å². The molecule has 12 heteroatoms. The average Bonchev–Trinajstić information content (AvgIpc) is 0.711. The highest BCUT2D eigenvalue weighted by Gasteiger charge is 2.50. The van der Waals surface area contributed by atoms with Crippen molar-refractivity contribution in [3.63, 3.8) is 0 Å². The highest BCUT2D eigenvalue weighted by atomic mass is 31.2. The van der Waals surface area contributed by atoms with Gasteiger partial charge >= 0.3 is 0 Å². The van der Waals surface area contributed by atoms with Crippen LogP contribution in [0, 0.1) is 27.7 Å². The molecule has 3 unspecified atom stereocenters. The fourth-order valence-electron chi connectivity index (χ4n) is 15.8. The average molecular weight is 1430 g/mol. The zero-order valence-corrected chi connectivity index (χ0v) is 60.8. The summed E-state index contributed by atoms with van der Waals surface area (Å²) in [7, 11) is -9.61. The lowest BCUT2D eigenvalue weighted by Gasteiger charge is -2.35. The minimum atomic E-state index is -3.21. The van der Waals surface area contributed by atoms with Crippen molar-refractivity contribution in [1.29, 1.82) is 0 Å². The molecule has 9 nitrogen and oxygen atoms in total. The number of aryl methyl sites for hydroxylation is 4. The molecule has 0 saturated heterocycles. The Hall–Kier alpha value is -12.2. The molecule has 0 aromatic heterocycles.